The summed E-state index contributed by atoms with van der Waals surface area (Å²) in [6, 6.07) is 11.5. The Hall–Kier alpha value is -3.48. The number of ether oxygens (including phenoxy) is 3. The first kappa shape index (κ1) is 24.2. The highest BCUT2D eigenvalue weighted by Gasteiger charge is 2.46. The van der Waals surface area contributed by atoms with Crippen LogP contribution in [0.5, 0.6) is 17.2 Å². The maximum Gasteiger partial charge on any atom is 0.295 e. The number of likely N-dealkylation sites (tertiary alicyclic amines) is 1. The monoisotopic (exact) mass is 453 g/mol. The second kappa shape index (κ2) is 10.9. The molecule has 33 heavy (non-hydrogen) atoms. The predicted molar refractivity (Wildman–Crippen MR) is 126 cm³/mol. The van der Waals surface area contributed by atoms with Gasteiger partial charge in [-0.3, -0.25) is 9.59 Å². The number of carbonyl (C=O) groups excluding carboxylic acids is 2. The van der Waals surface area contributed by atoms with Crippen molar-refractivity contribution < 1.29 is 28.9 Å². The molecule has 176 valence electrons. The van der Waals surface area contributed by atoms with Gasteiger partial charge in [0.2, 0.25) is 0 Å². The van der Waals surface area contributed by atoms with E-state index < -0.39 is 17.7 Å². The minimum atomic E-state index is -0.715. The Balaban J connectivity index is 2.16. The van der Waals surface area contributed by atoms with E-state index in [4.69, 9.17) is 14.2 Å². The Morgan fingerprint density at radius 2 is 1.67 bits per heavy atom. The molecule has 7 nitrogen and oxygen atoms in total. The molecule has 1 amide bonds. The molecule has 1 aliphatic rings. The van der Waals surface area contributed by atoms with Gasteiger partial charge in [-0.05, 0) is 49.2 Å². The van der Waals surface area contributed by atoms with E-state index in [-0.39, 0.29) is 11.3 Å². The molecule has 0 saturated carbocycles. The van der Waals surface area contributed by atoms with Crippen molar-refractivity contribution in [3.8, 4) is 17.2 Å². The summed E-state index contributed by atoms with van der Waals surface area (Å²) in [6.45, 7) is 4.93. The van der Waals surface area contributed by atoms with Crippen LogP contribution in [0.1, 0.15) is 50.3 Å². The maximum absolute atomic E-state index is 13.2. The highest BCUT2D eigenvalue weighted by Crippen LogP contribution is 2.42. The molecule has 1 fully saturated rings. The van der Waals surface area contributed by atoms with Gasteiger partial charge in [-0.1, -0.05) is 31.9 Å². The number of unbranched alkanes of at least 4 members (excludes halogenated alkanes) is 2. The van der Waals surface area contributed by atoms with E-state index in [0.29, 0.717) is 36.0 Å². The first-order valence-electron chi connectivity index (χ1n) is 11.2. The second-order valence-electron chi connectivity index (χ2n) is 7.77. The number of hydrogen-bond acceptors (Lipinski definition) is 6. The van der Waals surface area contributed by atoms with Crippen LogP contribution in [0.25, 0.3) is 5.76 Å². The van der Waals surface area contributed by atoms with E-state index in [2.05, 4.69) is 6.92 Å². The zero-order valence-electron chi connectivity index (χ0n) is 19.6. The van der Waals surface area contributed by atoms with Crippen molar-refractivity contribution >= 4 is 17.4 Å². The van der Waals surface area contributed by atoms with Gasteiger partial charge < -0.3 is 24.2 Å². The molecule has 2 aromatic rings. The van der Waals surface area contributed by atoms with Crippen LogP contribution < -0.4 is 14.2 Å². The van der Waals surface area contributed by atoms with Gasteiger partial charge in [-0.15, -0.1) is 0 Å². The number of ketones is 1. The summed E-state index contributed by atoms with van der Waals surface area (Å²) in [5, 5.41) is 11.3. The standard InChI is InChI=1S/C26H31NO6/c1-5-7-8-15-27-23(17-9-11-18(12-10-17)33-6-2)22(25(29)26(27)30)24(28)20-16-19(31-3)13-14-21(20)32-4/h9-14,16,23,28H,5-8,15H2,1-4H3/b24-22+. The van der Waals surface area contributed by atoms with Crippen LogP contribution in [0.3, 0.4) is 0 Å². The smallest absolute Gasteiger partial charge is 0.295 e. The fourth-order valence-electron chi connectivity index (χ4n) is 4.05. The number of rotatable bonds is 10. The summed E-state index contributed by atoms with van der Waals surface area (Å²) in [7, 11) is 2.99. The first-order valence-corrected chi connectivity index (χ1v) is 11.2. The Bertz CT molecular complexity index is 1030. The Morgan fingerprint density at radius 1 is 0.970 bits per heavy atom. The summed E-state index contributed by atoms with van der Waals surface area (Å²) >= 11 is 0. The minimum absolute atomic E-state index is 0.0345. The summed E-state index contributed by atoms with van der Waals surface area (Å²) in [4.78, 5) is 27.7. The molecule has 1 N–H and O–H groups in total. The van der Waals surface area contributed by atoms with Gasteiger partial charge in [-0.2, -0.15) is 0 Å². The second-order valence-corrected chi connectivity index (χ2v) is 7.77. The fourth-order valence-corrected chi connectivity index (χ4v) is 4.05. The van der Waals surface area contributed by atoms with Crippen molar-refractivity contribution in [3.63, 3.8) is 0 Å². The van der Waals surface area contributed by atoms with E-state index >= 15 is 0 Å². The molecular weight excluding hydrogens is 422 g/mol. The minimum Gasteiger partial charge on any atom is -0.507 e. The Labute approximate surface area is 194 Å². The highest BCUT2D eigenvalue weighted by atomic mass is 16.5. The molecule has 0 aromatic heterocycles. The molecule has 2 aromatic carbocycles. The van der Waals surface area contributed by atoms with Gasteiger partial charge >= 0.3 is 0 Å². The number of carbonyl (C=O) groups is 2. The zero-order valence-corrected chi connectivity index (χ0v) is 19.6. The number of Topliss-reactive ketones (excluding diaryl/α,β-unsaturated/α-hetero) is 1. The van der Waals surface area contributed by atoms with Gasteiger partial charge in [0.15, 0.2) is 0 Å². The zero-order chi connectivity index (χ0) is 24.0. The fraction of sp³-hybridized carbons (Fsp3) is 0.385. The quantitative estimate of drug-likeness (QED) is 0.243. The van der Waals surface area contributed by atoms with Crippen LogP contribution in [0, 0.1) is 0 Å². The molecular formula is C26H31NO6. The number of benzene rings is 2. The highest BCUT2D eigenvalue weighted by molar-refractivity contribution is 6.46. The molecule has 0 bridgehead atoms. The van der Waals surface area contributed by atoms with Crippen molar-refractivity contribution in [1.29, 1.82) is 0 Å². The number of nitrogens with zero attached hydrogens (tertiary/aromatic N) is 1. The van der Waals surface area contributed by atoms with Gasteiger partial charge in [0.1, 0.15) is 23.0 Å². The lowest BCUT2D eigenvalue weighted by molar-refractivity contribution is -0.139. The Kier molecular flexibility index (Phi) is 7.98. The normalized spacial score (nSPS) is 17.3. The third kappa shape index (κ3) is 4.97. The Morgan fingerprint density at radius 3 is 2.27 bits per heavy atom. The summed E-state index contributed by atoms with van der Waals surface area (Å²) in [5.74, 6) is -0.0659. The van der Waals surface area contributed by atoms with Crippen molar-refractivity contribution in [2.45, 2.75) is 39.2 Å². The summed E-state index contributed by atoms with van der Waals surface area (Å²) in [6.07, 6.45) is 2.68. The predicted octanol–water partition coefficient (Wildman–Crippen LogP) is 4.71. The SMILES string of the molecule is CCCCCN1C(=O)C(=O)/C(=C(/O)c2cc(OC)ccc2OC)C1c1ccc(OCC)cc1. The van der Waals surface area contributed by atoms with Crippen LogP contribution in [0.15, 0.2) is 48.0 Å². The van der Waals surface area contributed by atoms with E-state index in [1.54, 1.807) is 35.2 Å². The van der Waals surface area contributed by atoms with Crippen LogP contribution >= 0.6 is 0 Å². The van der Waals surface area contributed by atoms with Crippen molar-refractivity contribution in [1.82, 2.24) is 4.90 Å². The van der Waals surface area contributed by atoms with E-state index in [1.165, 1.54) is 14.2 Å². The maximum atomic E-state index is 13.2. The third-order valence-corrected chi connectivity index (χ3v) is 5.71. The lowest BCUT2D eigenvalue weighted by Gasteiger charge is -2.25. The first-order chi connectivity index (χ1) is 16.0. The van der Waals surface area contributed by atoms with Crippen LogP contribution in [0.4, 0.5) is 0 Å². The summed E-state index contributed by atoms with van der Waals surface area (Å²) in [5.41, 5.74) is 1.05. The molecule has 1 aliphatic heterocycles. The largest absolute Gasteiger partial charge is 0.507 e. The van der Waals surface area contributed by atoms with Crippen molar-refractivity contribution in [3.05, 3.63) is 59.2 Å². The average molecular weight is 454 g/mol. The lowest BCUT2D eigenvalue weighted by Crippen LogP contribution is -2.30. The molecule has 0 radical (unpaired) electrons. The molecule has 1 heterocycles. The molecule has 0 aliphatic carbocycles. The molecule has 7 heteroatoms. The molecule has 3 rings (SSSR count). The molecule has 1 saturated heterocycles. The van der Waals surface area contributed by atoms with Crippen LogP contribution in [-0.2, 0) is 9.59 Å². The van der Waals surface area contributed by atoms with Gasteiger partial charge in [0, 0.05) is 6.54 Å². The molecule has 1 unspecified atom stereocenters. The summed E-state index contributed by atoms with van der Waals surface area (Å²) < 4.78 is 16.2. The van der Waals surface area contributed by atoms with Crippen molar-refractivity contribution in [2.24, 2.45) is 0 Å². The third-order valence-electron chi connectivity index (χ3n) is 5.71. The number of amides is 1. The van der Waals surface area contributed by atoms with E-state index in [9.17, 15) is 14.7 Å². The number of methoxy groups -OCH3 is 2. The van der Waals surface area contributed by atoms with Gasteiger partial charge in [0.25, 0.3) is 11.7 Å². The van der Waals surface area contributed by atoms with Gasteiger partial charge in [0.05, 0.1) is 38.0 Å². The van der Waals surface area contributed by atoms with Gasteiger partial charge in [-0.25, -0.2) is 0 Å². The topological polar surface area (TPSA) is 85.3 Å². The van der Waals surface area contributed by atoms with Crippen molar-refractivity contribution in [2.75, 3.05) is 27.4 Å². The lowest BCUT2D eigenvalue weighted by atomic mass is 9.94. The number of aliphatic hydroxyl groups excluding tert-OH is 1. The van der Waals surface area contributed by atoms with E-state index in [0.717, 1.165) is 24.8 Å². The average Bonchev–Trinajstić information content (AvgIpc) is 3.09. The van der Waals surface area contributed by atoms with Crippen LogP contribution in [0.2, 0.25) is 0 Å². The molecule has 0 spiro atoms. The van der Waals surface area contributed by atoms with Crippen LogP contribution in [-0.4, -0.2) is 49.1 Å². The number of hydrogen-bond donors (Lipinski definition) is 1. The number of aliphatic hydroxyl groups is 1. The molecule has 1 atom stereocenters. The van der Waals surface area contributed by atoms with E-state index in [1.807, 2.05) is 19.1 Å².